The third kappa shape index (κ3) is 2.65. The molecule has 100 valence electrons. The number of nitriles is 1. The number of hydrogen-bond donors (Lipinski definition) is 1. The average molecular weight is 252 g/mol. The summed E-state index contributed by atoms with van der Waals surface area (Å²) >= 11 is 0. The molecule has 1 amide bonds. The summed E-state index contributed by atoms with van der Waals surface area (Å²) in [7, 11) is 0. The third-order valence-electron chi connectivity index (χ3n) is 4.01. The summed E-state index contributed by atoms with van der Waals surface area (Å²) in [5.74, 6) is -0.141. The Kier molecular flexibility index (Phi) is 3.88. The van der Waals surface area contributed by atoms with Crippen molar-refractivity contribution in [3.05, 3.63) is 0 Å². The van der Waals surface area contributed by atoms with Gasteiger partial charge in [-0.15, -0.1) is 0 Å². The summed E-state index contributed by atoms with van der Waals surface area (Å²) < 4.78 is 10.5. The van der Waals surface area contributed by atoms with Gasteiger partial charge >= 0.3 is 0 Å². The molecule has 2 heterocycles. The fourth-order valence-electron chi connectivity index (χ4n) is 2.45. The van der Waals surface area contributed by atoms with Crippen molar-refractivity contribution in [2.45, 2.75) is 38.1 Å². The van der Waals surface area contributed by atoms with Crippen LogP contribution >= 0.6 is 0 Å². The highest BCUT2D eigenvalue weighted by Gasteiger charge is 2.43. The maximum atomic E-state index is 12.4. The lowest BCUT2D eigenvalue weighted by Crippen LogP contribution is -2.55. The van der Waals surface area contributed by atoms with E-state index in [1.165, 1.54) is 0 Å². The maximum Gasteiger partial charge on any atom is 0.241 e. The second-order valence-corrected chi connectivity index (χ2v) is 5.43. The van der Waals surface area contributed by atoms with Gasteiger partial charge in [-0.05, 0) is 32.6 Å². The highest BCUT2D eigenvalue weighted by atomic mass is 16.5. The van der Waals surface area contributed by atoms with E-state index in [2.05, 4.69) is 11.4 Å². The molecule has 0 saturated carbocycles. The molecule has 0 aromatic heterocycles. The van der Waals surface area contributed by atoms with E-state index < -0.39 is 5.41 Å². The van der Waals surface area contributed by atoms with Crippen LogP contribution in [-0.2, 0) is 14.3 Å². The van der Waals surface area contributed by atoms with Crippen molar-refractivity contribution >= 4 is 5.91 Å². The monoisotopic (exact) mass is 252 g/mol. The number of nitrogens with zero attached hydrogens (tertiary/aromatic N) is 1. The molecule has 1 N–H and O–H groups in total. The summed E-state index contributed by atoms with van der Waals surface area (Å²) in [6.45, 7) is 4.33. The van der Waals surface area contributed by atoms with Gasteiger partial charge in [0.2, 0.25) is 5.91 Å². The minimum atomic E-state index is -0.903. The van der Waals surface area contributed by atoms with Gasteiger partial charge < -0.3 is 14.8 Å². The number of nitrogens with one attached hydrogen (secondary N) is 1. The minimum absolute atomic E-state index is 0.141. The molecule has 2 aliphatic heterocycles. The lowest BCUT2D eigenvalue weighted by atomic mass is 9.79. The zero-order valence-electron chi connectivity index (χ0n) is 10.8. The fourth-order valence-corrected chi connectivity index (χ4v) is 2.45. The van der Waals surface area contributed by atoms with Crippen molar-refractivity contribution in [3.8, 4) is 6.07 Å². The van der Waals surface area contributed by atoms with Crippen molar-refractivity contribution in [1.82, 2.24) is 5.32 Å². The topological polar surface area (TPSA) is 71.4 Å². The predicted molar refractivity (Wildman–Crippen MR) is 64.7 cm³/mol. The van der Waals surface area contributed by atoms with E-state index in [4.69, 9.17) is 9.47 Å². The molecule has 0 aliphatic carbocycles. The second-order valence-electron chi connectivity index (χ2n) is 5.43. The van der Waals surface area contributed by atoms with Gasteiger partial charge in [-0.25, -0.2) is 0 Å². The summed E-state index contributed by atoms with van der Waals surface area (Å²) in [6, 6.07) is 2.20. The quantitative estimate of drug-likeness (QED) is 0.795. The second kappa shape index (κ2) is 5.25. The summed E-state index contributed by atoms with van der Waals surface area (Å²) in [6.07, 6.45) is 2.58. The first-order chi connectivity index (χ1) is 8.60. The third-order valence-corrected chi connectivity index (χ3v) is 4.01. The fraction of sp³-hybridized carbons (Fsp3) is 0.846. The van der Waals surface area contributed by atoms with Crippen molar-refractivity contribution in [2.75, 3.05) is 26.4 Å². The Balaban J connectivity index is 2.03. The van der Waals surface area contributed by atoms with Gasteiger partial charge in [0, 0.05) is 32.0 Å². The number of carbonyl (C=O) groups is 1. The van der Waals surface area contributed by atoms with Crippen molar-refractivity contribution in [1.29, 1.82) is 5.26 Å². The molecule has 2 rings (SSSR count). The number of rotatable bonds is 2. The molecule has 0 spiro atoms. The van der Waals surface area contributed by atoms with Crippen LogP contribution in [-0.4, -0.2) is 37.9 Å². The predicted octanol–water partition coefficient (Wildman–Crippen LogP) is 0.992. The number of ether oxygens (including phenoxy) is 2. The summed E-state index contributed by atoms with van der Waals surface area (Å²) in [5, 5.41) is 12.4. The molecule has 5 nitrogen and oxygen atoms in total. The molecule has 0 aromatic carbocycles. The minimum Gasteiger partial charge on any atom is -0.381 e. The van der Waals surface area contributed by atoms with Gasteiger partial charge in [-0.3, -0.25) is 4.79 Å². The molecular formula is C13H20N2O3. The van der Waals surface area contributed by atoms with Crippen LogP contribution in [0, 0.1) is 16.7 Å². The number of amides is 1. The largest absolute Gasteiger partial charge is 0.381 e. The van der Waals surface area contributed by atoms with Crippen LogP contribution in [0.15, 0.2) is 0 Å². The Bertz CT molecular complexity index is 350. The Morgan fingerprint density at radius 1 is 1.11 bits per heavy atom. The van der Waals surface area contributed by atoms with E-state index >= 15 is 0 Å². The SMILES string of the molecule is CC1(NC(=O)C2(C#N)CCOCC2)CCOCC1. The molecule has 0 unspecified atom stereocenters. The summed E-state index contributed by atoms with van der Waals surface area (Å²) in [4.78, 5) is 12.4. The maximum absolute atomic E-state index is 12.4. The van der Waals surface area contributed by atoms with E-state index in [0.717, 1.165) is 12.8 Å². The van der Waals surface area contributed by atoms with Crippen molar-refractivity contribution in [2.24, 2.45) is 5.41 Å². The van der Waals surface area contributed by atoms with Crippen LogP contribution in [0.25, 0.3) is 0 Å². The van der Waals surface area contributed by atoms with Gasteiger partial charge in [0.1, 0.15) is 5.41 Å². The van der Waals surface area contributed by atoms with Crippen LogP contribution < -0.4 is 5.32 Å². The lowest BCUT2D eigenvalue weighted by molar-refractivity contribution is -0.135. The highest BCUT2D eigenvalue weighted by molar-refractivity contribution is 5.86. The van der Waals surface area contributed by atoms with E-state index in [9.17, 15) is 10.1 Å². The smallest absolute Gasteiger partial charge is 0.241 e. The molecule has 0 atom stereocenters. The van der Waals surface area contributed by atoms with Crippen LogP contribution in [0.4, 0.5) is 0 Å². The Labute approximate surface area is 107 Å². The van der Waals surface area contributed by atoms with Crippen LogP contribution in [0.3, 0.4) is 0 Å². The highest BCUT2D eigenvalue weighted by Crippen LogP contribution is 2.31. The van der Waals surface area contributed by atoms with Gasteiger partial charge in [0.25, 0.3) is 0 Å². The molecule has 18 heavy (non-hydrogen) atoms. The molecule has 2 fully saturated rings. The van der Waals surface area contributed by atoms with Gasteiger partial charge in [0.05, 0.1) is 6.07 Å². The Morgan fingerprint density at radius 2 is 1.61 bits per heavy atom. The normalized spacial score (nSPS) is 26.0. The van der Waals surface area contributed by atoms with Gasteiger partial charge in [0.15, 0.2) is 0 Å². The first-order valence-electron chi connectivity index (χ1n) is 6.50. The standard InChI is InChI=1S/C13H20N2O3/c1-12(2-6-17-7-3-12)15-11(16)13(10-14)4-8-18-9-5-13/h2-9H2,1H3,(H,15,16). The van der Waals surface area contributed by atoms with E-state index in [0.29, 0.717) is 39.3 Å². The van der Waals surface area contributed by atoms with E-state index in [1.54, 1.807) is 0 Å². The Hall–Kier alpha value is -1.12. The van der Waals surface area contributed by atoms with Crippen molar-refractivity contribution < 1.29 is 14.3 Å². The zero-order chi connectivity index (χ0) is 13.1. The number of hydrogen-bond acceptors (Lipinski definition) is 4. The van der Waals surface area contributed by atoms with Crippen LogP contribution in [0.2, 0.25) is 0 Å². The summed E-state index contributed by atoms with van der Waals surface area (Å²) in [5.41, 5.74) is -1.14. The molecule has 0 aromatic rings. The number of carbonyl (C=O) groups excluding carboxylic acids is 1. The van der Waals surface area contributed by atoms with Gasteiger partial charge in [-0.1, -0.05) is 0 Å². The molecule has 5 heteroatoms. The van der Waals surface area contributed by atoms with Crippen LogP contribution in [0.5, 0.6) is 0 Å². The zero-order valence-corrected chi connectivity index (χ0v) is 10.8. The average Bonchev–Trinajstić information content (AvgIpc) is 2.39. The molecular weight excluding hydrogens is 232 g/mol. The molecule has 2 saturated heterocycles. The first kappa shape index (κ1) is 13.3. The molecule has 2 aliphatic rings. The first-order valence-corrected chi connectivity index (χ1v) is 6.50. The molecule has 0 radical (unpaired) electrons. The van der Waals surface area contributed by atoms with Crippen molar-refractivity contribution in [3.63, 3.8) is 0 Å². The lowest BCUT2D eigenvalue weighted by Gasteiger charge is -2.38. The van der Waals surface area contributed by atoms with Crippen LogP contribution in [0.1, 0.15) is 32.6 Å². The Morgan fingerprint density at radius 3 is 2.11 bits per heavy atom. The van der Waals surface area contributed by atoms with Gasteiger partial charge in [-0.2, -0.15) is 5.26 Å². The van der Waals surface area contributed by atoms with E-state index in [1.807, 2.05) is 6.92 Å². The molecule has 0 bridgehead atoms. The van der Waals surface area contributed by atoms with E-state index in [-0.39, 0.29) is 11.4 Å².